The first-order valence-electron chi connectivity index (χ1n) is 9.92. The number of thiazole rings is 1. The van der Waals surface area contributed by atoms with E-state index >= 15 is 0 Å². The van der Waals surface area contributed by atoms with Gasteiger partial charge in [0.05, 0.1) is 21.2 Å². The van der Waals surface area contributed by atoms with Gasteiger partial charge >= 0.3 is 5.97 Å². The number of piperidine rings is 1. The Morgan fingerprint density at radius 2 is 1.84 bits per heavy atom. The molecule has 9 heteroatoms. The summed E-state index contributed by atoms with van der Waals surface area (Å²) in [5.74, 6) is -0.685. The van der Waals surface area contributed by atoms with Gasteiger partial charge in [0.25, 0.3) is 0 Å². The fourth-order valence-corrected chi connectivity index (χ4v) is 5.93. The third-order valence-corrected chi connectivity index (χ3v) is 8.20. The van der Waals surface area contributed by atoms with Gasteiger partial charge in [-0.2, -0.15) is 4.31 Å². The van der Waals surface area contributed by atoms with E-state index in [1.165, 1.54) is 33.8 Å². The first-order valence-corrected chi connectivity index (χ1v) is 12.6. The molecule has 0 bridgehead atoms. The topological polar surface area (TPSA) is 76.6 Å². The maximum atomic E-state index is 12.9. The Balaban J connectivity index is 1.47. The summed E-state index contributed by atoms with van der Waals surface area (Å²) in [6, 6.07) is 13.9. The number of hydrogen-bond donors (Lipinski definition) is 0. The van der Waals surface area contributed by atoms with Crippen molar-refractivity contribution in [2.45, 2.75) is 30.8 Å². The maximum Gasteiger partial charge on any atom is 0.340 e. The molecule has 1 aliphatic heterocycles. The molecule has 4 rings (SSSR count). The van der Waals surface area contributed by atoms with Gasteiger partial charge in [-0.05, 0) is 31.0 Å². The van der Waals surface area contributed by atoms with E-state index in [-0.39, 0.29) is 22.1 Å². The summed E-state index contributed by atoms with van der Waals surface area (Å²) in [7, 11) is -3.67. The fourth-order valence-electron chi connectivity index (χ4n) is 3.38. The number of rotatable bonds is 6. The summed E-state index contributed by atoms with van der Waals surface area (Å²) in [4.78, 5) is 17.2. The van der Waals surface area contributed by atoms with Gasteiger partial charge in [0.1, 0.15) is 11.6 Å². The van der Waals surface area contributed by atoms with Crippen LogP contribution in [0.15, 0.2) is 58.8 Å². The van der Waals surface area contributed by atoms with Crippen molar-refractivity contribution in [3.8, 4) is 10.6 Å². The van der Waals surface area contributed by atoms with Crippen LogP contribution in [0, 0.1) is 0 Å². The van der Waals surface area contributed by atoms with Crippen LogP contribution in [0.4, 0.5) is 0 Å². The number of sulfonamides is 1. The highest BCUT2D eigenvalue weighted by atomic mass is 35.5. The van der Waals surface area contributed by atoms with Gasteiger partial charge in [-0.1, -0.05) is 48.4 Å². The predicted octanol–water partition coefficient (Wildman–Crippen LogP) is 5.00. The van der Waals surface area contributed by atoms with E-state index in [4.69, 9.17) is 16.3 Å². The van der Waals surface area contributed by atoms with E-state index in [2.05, 4.69) is 4.98 Å². The molecule has 0 radical (unpaired) electrons. The molecule has 1 saturated heterocycles. The van der Waals surface area contributed by atoms with Crippen molar-refractivity contribution in [3.63, 3.8) is 0 Å². The zero-order valence-electron chi connectivity index (χ0n) is 16.7. The second-order valence-electron chi connectivity index (χ2n) is 7.19. The number of aromatic nitrogens is 1. The molecule has 0 atom stereocenters. The summed E-state index contributed by atoms with van der Waals surface area (Å²) in [6.07, 6.45) is 2.69. The van der Waals surface area contributed by atoms with Crippen LogP contribution < -0.4 is 0 Å². The largest absolute Gasteiger partial charge is 0.456 e. The minimum atomic E-state index is -3.67. The van der Waals surface area contributed by atoms with Crippen molar-refractivity contribution in [1.82, 2.24) is 9.29 Å². The van der Waals surface area contributed by atoms with Crippen LogP contribution in [0.5, 0.6) is 0 Å². The van der Waals surface area contributed by atoms with Crippen molar-refractivity contribution in [2.24, 2.45) is 0 Å². The van der Waals surface area contributed by atoms with Gasteiger partial charge in [-0.3, -0.25) is 0 Å². The molecule has 0 unspecified atom stereocenters. The van der Waals surface area contributed by atoms with Crippen LogP contribution in [0.1, 0.15) is 35.3 Å². The average molecular weight is 477 g/mol. The minimum Gasteiger partial charge on any atom is -0.456 e. The second-order valence-corrected chi connectivity index (χ2v) is 10.4. The molecule has 2 heterocycles. The molecule has 2 aromatic carbocycles. The number of nitrogens with zero attached hydrogens (tertiary/aromatic N) is 2. The third kappa shape index (κ3) is 4.98. The number of ether oxygens (including phenoxy) is 1. The fraction of sp³-hybridized carbons (Fsp3) is 0.273. The highest BCUT2D eigenvalue weighted by Gasteiger charge is 2.27. The van der Waals surface area contributed by atoms with Crippen molar-refractivity contribution in [2.75, 3.05) is 13.1 Å². The average Bonchev–Trinajstić information content (AvgIpc) is 3.28. The molecule has 6 nitrogen and oxygen atoms in total. The number of hydrogen-bond acceptors (Lipinski definition) is 6. The lowest BCUT2D eigenvalue weighted by Gasteiger charge is -2.26. The van der Waals surface area contributed by atoms with Crippen LogP contribution in [0.2, 0.25) is 5.02 Å². The quantitative estimate of drug-likeness (QED) is 0.468. The summed E-state index contributed by atoms with van der Waals surface area (Å²) in [5, 5.41) is 2.80. The van der Waals surface area contributed by atoms with Gasteiger partial charge in [-0.25, -0.2) is 18.2 Å². The first-order chi connectivity index (χ1) is 14.9. The van der Waals surface area contributed by atoms with E-state index in [1.54, 1.807) is 0 Å². The minimum absolute atomic E-state index is 0.0262. The monoisotopic (exact) mass is 476 g/mol. The van der Waals surface area contributed by atoms with Crippen molar-refractivity contribution >= 4 is 38.9 Å². The molecule has 0 saturated carbocycles. The van der Waals surface area contributed by atoms with E-state index in [0.29, 0.717) is 18.8 Å². The van der Waals surface area contributed by atoms with E-state index in [1.807, 2.05) is 35.7 Å². The normalized spacial score (nSPS) is 15.0. The summed E-state index contributed by atoms with van der Waals surface area (Å²) < 4.78 is 32.6. The Bertz CT molecular complexity index is 1170. The lowest BCUT2D eigenvalue weighted by molar-refractivity contribution is 0.0468. The first kappa shape index (κ1) is 22.0. The number of esters is 1. The zero-order valence-corrected chi connectivity index (χ0v) is 19.0. The summed E-state index contributed by atoms with van der Waals surface area (Å²) in [5.41, 5.74) is 1.63. The zero-order chi connectivity index (χ0) is 21.8. The predicted molar refractivity (Wildman–Crippen MR) is 121 cm³/mol. The van der Waals surface area contributed by atoms with Gasteiger partial charge in [-0.15, -0.1) is 11.3 Å². The summed E-state index contributed by atoms with van der Waals surface area (Å²) >= 11 is 7.63. The molecule has 31 heavy (non-hydrogen) atoms. The Morgan fingerprint density at radius 1 is 1.10 bits per heavy atom. The Morgan fingerprint density at radius 3 is 2.58 bits per heavy atom. The molecule has 1 aliphatic rings. The van der Waals surface area contributed by atoms with Gasteiger partial charge in [0.15, 0.2) is 0 Å². The smallest absolute Gasteiger partial charge is 0.340 e. The van der Waals surface area contributed by atoms with Gasteiger partial charge in [0.2, 0.25) is 10.0 Å². The van der Waals surface area contributed by atoms with Crippen molar-refractivity contribution in [3.05, 3.63) is 70.2 Å². The maximum absolute atomic E-state index is 12.9. The van der Waals surface area contributed by atoms with Crippen LogP contribution in [-0.2, 0) is 21.4 Å². The van der Waals surface area contributed by atoms with E-state index in [0.717, 1.165) is 29.8 Å². The van der Waals surface area contributed by atoms with Crippen LogP contribution in [0.3, 0.4) is 0 Å². The lowest BCUT2D eigenvalue weighted by Crippen LogP contribution is -2.35. The second kappa shape index (κ2) is 9.48. The lowest BCUT2D eigenvalue weighted by atomic mass is 10.2. The molecule has 0 aliphatic carbocycles. The number of carbonyl (C=O) groups excluding carboxylic acids is 1. The Hall–Kier alpha value is -2.26. The molecular formula is C22H21ClN2O4S2. The highest BCUT2D eigenvalue weighted by Crippen LogP contribution is 2.27. The van der Waals surface area contributed by atoms with Gasteiger partial charge in [0, 0.05) is 24.0 Å². The molecule has 162 valence electrons. The molecule has 1 fully saturated rings. The van der Waals surface area contributed by atoms with Crippen LogP contribution in [-0.4, -0.2) is 36.8 Å². The Labute approximate surface area is 190 Å². The van der Waals surface area contributed by atoms with Gasteiger partial charge < -0.3 is 4.74 Å². The molecule has 0 N–H and O–H groups in total. The van der Waals surface area contributed by atoms with Crippen LogP contribution >= 0.6 is 22.9 Å². The van der Waals surface area contributed by atoms with Crippen molar-refractivity contribution < 1.29 is 17.9 Å². The van der Waals surface area contributed by atoms with Crippen LogP contribution in [0.25, 0.3) is 10.6 Å². The Kier molecular flexibility index (Phi) is 6.71. The number of carbonyl (C=O) groups is 1. The molecular weight excluding hydrogens is 456 g/mol. The molecule has 0 amide bonds. The SMILES string of the molecule is O=C(OCc1csc(-c2ccccc2)n1)c1cc(S(=O)(=O)N2CCCCC2)ccc1Cl. The highest BCUT2D eigenvalue weighted by molar-refractivity contribution is 7.89. The number of halogens is 1. The number of benzene rings is 2. The molecule has 3 aromatic rings. The standard InChI is InChI=1S/C22H21ClN2O4S2/c23-20-10-9-18(31(27,28)25-11-5-2-6-12-25)13-19(20)22(26)29-14-17-15-30-21(24-17)16-7-3-1-4-8-16/h1,3-4,7-10,13,15H,2,5-6,11-12,14H2. The molecule has 0 spiro atoms. The third-order valence-electron chi connectivity index (χ3n) is 5.03. The van der Waals surface area contributed by atoms with E-state index < -0.39 is 16.0 Å². The van der Waals surface area contributed by atoms with E-state index in [9.17, 15) is 13.2 Å². The van der Waals surface area contributed by atoms with Crippen molar-refractivity contribution in [1.29, 1.82) is 0 Å². The summed E-state index contributed by atoms with van der Waals surface area (Å²) in [6.45, 7) is 0.943. The molecule has 1 aromatic heterocycles.